The minimum absolute atomic E-state index is 0.233. The van der Waals surface area contributed by atoms with Crippen molar-refractivity contribution in [2.75, 3.05) is 20.2 Å². The van der Waals surface area contributed by atoms with Crippen molar-refractivity contribution in [1.29, 1.82) is 0 Å². The predicted molar refractivity (Wildman–Crippen MR) is 45.1 cm³/mol. The van der Waals surface area contributed by atoms with Crippen LogP contribution in [0.5, 0.6) is 0 Å². The molecule has 0 saturated carbocycles. The van der Waals surface area contributed by atoms with Gasteiger partial charge in [0.15, 0.2) is 0 Å². The van der Waals surface area contributed by atoms with E-state index in [1.54, 1.807) is 7.05 Å². The molecule has 0 rings (SSSR count). The lowest BCUT2D eigenvalue weighted by Crippen LogP contribution is -2.10. The zero-order valence-electron chi connectivity index (χ0n) is 6.86. The van der Waals surface area contributed by atoms with Gasteiger partial charge in [0, 0.05) is 15.7 Å². The lowest BCUT2D eigenvalue weighted by molar-refractivity contribution is 0.296. The monoisotopic (exact) mass is 237 g/mol. The van der Waals surface area contributed by atoms with E-state index in [0.29, 0.717) is 6.54 Å². The fraction of sp³-hybridized carbons (Fsp3) is 1.00. The molecule has 0 aromatic rings. The Hall–Kier alpha value is -0.0400. The number of aliphatic hydroxyl groups is 1. The van der Waals surface area contributed by atoms with E-state index in [4.69, 9.17) is 33.8 Å². The van der Waals surface area contributed by atoms with E-state index >= 15 is 0 Å². The molecule has 0 amide bonds. The number of hydrogen-bond donors (Lipinski definition) is 6. The van der Waals surface area contributed by atoms with Crippen LogP contribution in [0.15, 0.2) is 0 Å². The predicted octanol–water partition coefficient (Wildman–Crippen LogP) is -1.55. The molecule has 0 aliphatic rings. The zero-order chi connectivity index (χ0) is 11.3. The maximum absolute atomic E-state index is 8.70. The first kappa shape index (κ1) is 18.7. The Morgan fingerprint density at radius 3 is 1.31 bits per heavy atom. The van der Waals surface area contributed by atoms with Crippen molar-refractivity contribution in [2.45, 2.75) is 0 Å². The Labute approximate surface area is 76.8 Å². The first-order chi connectivity index (χ1) is 5.88. The van der Waals surface area contributed by atoms with E-state index in [0.717, 1.165) is 0 Å². The van der Waals surface area contributed by atoms with E-state index < -0.39 is 16.5 Å². The summed E-state index contributed by atoms with van der Waals surface area (Å²) in [7, 11) is -3.94. The van der Waals surface area contributed by atoms with Gasteiger partial charge in [-0.3, -0.25) is 0 Å². The highest BCUT2D eigenvalue weighted by molar-refractivity contribution is 7.31. The van der Waals surface area contributed by atoms with Crippen molar-refractivity contribution in [2.24, 2.45) is 0 Å². The summed E-state index contributed by atoms with van der Waals surface area (Å²) in [4.78, 5) is 28.5. The fourth-order valence-corrected chi connectivity index (χ4v) is 0.112. The van der Waals surface area contributed by atoms with Crippen molar-refractivity contribution < 1.29 is 33.8 Å². The third-order valence-corrected chi connectivity index (χ3v) is 0.362. The Morgan fingerprint density at radius 1 is 1.08 bits per heavy atom. The van der Waals surface area contributed by atoms with Gasteiger partial charge in [-0.25, -0.2) is 0 Å². The Morgan fingerprint density at radius 2 is 1.31 bits per heavy atom. The van der Waals surface area contributed by atoms with E-state index in [1.165, 1.54) is 0 Å². The maximum atomic E-state index is 8.70. The average molecular weight is 237 g/mol. The first-order valence-electron chi connectivity index (χ1n) is 2.83. The molecule has 8 nitrogen and oxygen atoms in total. The van der Waals surface area contributed by atoms with Crippen molar-refractivity contribution >= 4 is 16.5 Å². The molecule has 0 aliphatic carbocycles. The number of nitrogens with one attached hydrogen (secondary N) is 1. The van der Waals surface area contributed by atoms with Gasteiger partial charge in [0.25, 0.3) is 0 Å². The van der Waals surface area contributed by atoms with Crippen molar-refractivity contribution in [3.63, 3.8) is 0 Å². The molecule has 0 atom stereocenters. The summed E-state index contributed by atoms with van der Waals surface area (Å²) in [6, 6.07) is 0. The van der Waals surface area contributed by atoms with E-state index in [2.05, 4.69) is 5.32 Å². The van der Waals surface area contributed by atoms with Gasteiger partial charge in [-0.15, -0.1) is 19.6 Å². The van der Waals surface area contributed by atoms with Crippen LogP contribution in [0, 0.1) is 0 Å². The second kappa shape index (κ2) is 17.9. The summed E-state index contributed by atoms with van der Waals surface area (Å²) in [5, 5.41) is 10.8. The van der Waals surface area contributed by atoms with Crippen LogP contribution in [0.3, 0.4) is 0 Å². The molecule has 0 aromatic heterocycles. The molecule has 13 heavy (non-hydrogen) atoms. The molecule has 0 aliphatic heterocycles. The Bertz CT molecular complexity index is 109. The van der Waals surface area contributed by atoms with Crippen LogP contribution >= 0.6 is 16.5 Å². The molecule has 6 N–H and O–H groups in total. The third kappa shape index (κ3) is 309. The van der Waals surface area contributed by atoms with Crippen LogP contribution in [0.25, 0.3) is 0 Å². The summed E-state index contributed by atoms with van der Waals surface area (Å²) in [5.74, 6) is 0. The zero-order valence-corrected chi connectivity index (χ0v) is 8.65. The highest BCUT2D eigenvalue weighted by Crippen LogP contribution is 1.98. The maximum Gasteiger partial charge on any atom is 0.692 e. The topological polar surface area (TPSA) is 147 Å². The number of aliphatic hydroxyl groups excluding tert-OH is 1. The standard InChI is InChI=1S/C3H9NO.2HO3P/c1-4-2-3-5;2*1-4(2)3/h4-5H,2-3H2,1H3;2*(H-,1,2,3)/p+2. The Balaban J connectivity index is -0.000000117. The van der Waals surface area contributed by atoms with Crippen molar-refractivity contribution in [3.8, 4) is 0 Å². The van der Waals surface area contributed by atoms with Gasteiger partial charge >= 0.3 is 16.5 Å². The van der Waals surface area contributed by atoms with Crippen LogP contribution in [0.2, 0.25) is 0 Å². The van der Waals surface area contributed by atoms with Crippen LogP contribution < -0.4 is 5.32 Å². The van der Waals surface area contributed by atoms with Gasteiger partial charge in [0.1, 0.15) is 0 Å². The van der Waals surface area contributed by atoms with Crippen molar-refractivity contribution in [1.82, 2.24) is 5.32 Å². The second-order valence-corrected chi connectivity index (χ2v) is 2.34. The van der Waals surface area contributed by atoms with Crippen LogP contribution in [-0.2, 0) is 9.13 Å². The molecule has 10 heteroatoms. The van der Waals surface area contributed by atoms with Crippen LogP contribution in [-0.4, -0.2) is 44.9 Å². The minimum atomic E-state index is -2.87. The Kier molecular flexibility index (Phi) is 25.7. The number of hydrogen-bond acceptors (Lipinski definition) is 4. The fourth-order valence-electron chi connectivity index (χ4n) is 0.112. The van der Waals surface area contributed by atoms with Gasteiger partial charge in [-0.1, -0.05) is 0 Å². The summed E-state index contributed by atoms with van der Waals surface area (Å²) in [5.41, 5.74) is 0. The first-order valence-corrected chi connectivity index (χ1v) is 5.17. The van der Waals surface area contributed by atoms with Gasteiger partial charge in [0.2, 0.25) is 0 Å². The van der Waals surface area contributed by atoms with Gasteiger partial charge in [-0.2, -0.15) is 0 Å². The lowest BCUT2D eigenvalue weighted by atomic mass is 10.7. The number of rotatable bonds is 2. The lowest BCUT2D eigenvalue weighted by Gasteiger charge is -1.84. The summed E-state index contributed by atoms with van der Waals surface area (Å²) >= 11 is 0. The highest BCUT2D eigenvalue weighted by Gasteiger charge is 1.93. The van der Waals surface area contributed by atoms with Gasteiger partial charge in [-0.05, 0) is 7.05 Å². The molecule has 0 radical (unpaired) electrons. The normalized spacial score (nSPS) is 7.23. The molecule has 0 spiro atoms. The van der Waals surface area contributed by atoms with Crippen molar-refractivity contribution in [3.05, 3.63) is 0 Å². The highest BCUT2D eigenvalue weighted by atomic mass is 31.1. The smallest absolute Gasteiger partial charge is 0.395 e. The van der Waals surface area contributed by atoms with Crippen LogP contribution in [0.1, 0.15) is 0 Å². The summed E-state index contributed by atoms with van der Waals surface area (Å²) < 4.78 is 17.4. The molecule has 80 valence electrons. The molecular weight excluding hydrogens is 224 g/mol. The molecule has 0 aromatic carbocycles. The largest absolute Gasteiger partial charge is 0.692 e. The minimum Gasteiger partial charge on any atom is -0.395 e. The van der Waals surface area contributed by atoms with E-state index in [1.807, 2.05) is 0 Å². The van der Waals surface area contributed by atoms with Gasteiger partial charge < -0.3 is 10.4 Å². The summed E-state index contributed by atoms with van der Waals surface area (Å²) in [6.45, 7) is 0.927. The average Bonchev–Trinajstić information content (AvgIpc) is 1.86. The molecule has 0 saturated heterocycles. The molecule has 0 fully saturated rings. The summed E-state index contributed by atoms with van der Waals surface area (Å²) in [6.07, 6.45) is 0. The molecule has 0 heterocycles. The SMILES string of the molecule is CNCCO.O=[P+](O)O.O=[P+](O)O. The van der Waals surface area contributed by atoms with E-state index in [-0.39, 0.29) is 6.61 Å². The third-order valence-electron chi connectivity index (χ3n) is 0.362. The van der Waals surface area contributed by atoms with Gasteiger partial charge in [0.05, 0.1) is 6.61 Å². The quantitative estimate of drug-likeness (QED) is 0.316. The second-order valence-electron chi connectivity index (χ2n) is 1.33. The molecule has 0 unspecified atom stereocenters. The molecular formula is C3H13NO7P2+2. The van der Waals surface area contributed by atoms with Crippen LogP contribution in [0.4, 0.5) is 0 Å². The van der Waals surface area contributed by atoms with E-state index in [9.17, 15) is 0 Å². The number of likely N-dealkylation sites (N-methyl/N-ethyl adjacent to an activating group) is 1. The molecule has 0 bridgehead atoms.